The first kappa shape index (κ1) is 18.4. The molecule has 0 amide bonds. The molecule has 2 rings (SSSR count). The minimum absolute atomic E-state index is 0.170. The van der Waals surface area contributed by atoms with Crippen LogP contribution in [-0.2, 0) is 0 Å². The fourth-order valence-corrected chi connectivity index (χ4v) is 2.50. The van der Waals surface area contributed by atoms with E-state index in [1.807, 2.05) is 42.5 Å². The van der Waals surface area contributed by atoms with Crippen molar-refractivity contribution in [3.8, 4) is 17.2 Å². The van der Waals surface area contributed by atoms with Crippen LogP contribution in [0, 0.1) is 0 Å². The maximum absolute atomic E-state index is 6.03. The Morgan fingerprint density at radius 1 is 1.04 bits per heavy atom. The monoisotopic (exact) mass is 343 g/mol. The summed E-state index contributed by atoms with van der Waals surface area (Å²) in [6, 6.07) is 13.4. The minimum Gasteiger partial charge on any atom is -0.497 e. The summed E-state index contributed by atoms with van der Waals surface area (Å²) in [5, 5.41) is 3.06. The first-order chi connectivity index (χ1) is 12.1. The highest BCUT2D eigenvalue weighted by Crippen LogP contribution is 2.29. The van der Waals surface area contributed by atoms with Gasteiger partial charge in [0.25, 0.3) is 0 Å². The summed E-state index contributed by atoms with van der Waals surface area (Å²) in [5.41, 5.74) is 7.83. The van der Waals surface area contributed by atoms with Gasteiger partial charge in [-0.05, 0) is 23.8 Å². The number of anilines is 1. The van der Waals surface area contributed by atoms with Gasteiger partial charge in [-0.15, -0.1) is 0 Å². The van der Waals surface area contributed by atoms with Crippen LogP contribution in [0.2, 0.25) is 0 Å². The molecular formula is C19H25N3O3. The van der Waals surface area contributed by atoms with Crippen LogP contribution in [0.4, 0.5) is 5.69 Å². The summed E-state index contributed by atoms with van der Waals surface area (Å²) in [5.74, 6) is 2.71. The number of aliphatic imine (C=N–C) groups is 1. The SMILES string of the molecule is COc1ccc(OC)c(NC(N)=NCC(C)c2ccccc2OC)c1. The summed E-state index contributed by atoms with van der Waals surface area (Å²) in [4.78, 5) is 4.43. The van der Waals surface area contributed by atoms with Crippen molar-refractivity contribution in [1.29, 1.82) is 0 Å². The number of rotatable bonds is 7. The molecule has 0 aromatic heterocycles. The lowest BCUT2D eigenvalue weighted by Crippen LogP contribution is -2.23. The minimum atomic E-state index is 0.170. The molecule has 134 valence electrons. The van der Waals surface area contributed by atoms with Gasteiger partial charge in [-0.2, -0.15) is 0 Å². The molecule has 2 aromatic carbocycles. The smallest absolute Gasteiger partial charge is 0.193 e. The zero-order chi connectivity index (χ0) is 18.2. The second kappa shape index (κ2) is 8.82. The molecule has 0 aliphatic rings. The fourth-order valence-electron chi connectivity index (χ4n) is 2.50. The first-order valence-electron chi connectivity index (χ1n) is 8.01. The summed E-state index contributed by atoms with van der Waals surface area (Å²) < 4.78 is 16.0. The first-order valence-corrected chi connectivity index (χ1v) is 8.01. The quantitative estimate of drug-likeness (QED) is 0.596. The summed E-state index contributed by atoms with van der Waals surface area (Å²) >= 11 is 0. The van der Waals surface area contributed by atoms with E-state index in [0.717, 1.165) is 11.3 Å². The van der Waals surface area contributed by atoms with Gasteiger partial charge >= 0.3 is 0 Å². The Morgan fingerprint density at radius 2 is 1.76 bits per heavy atom. The summed E-state index contributed by atoms with van der Waals surface area (Å²) in [6.45, 7) is 2.62. The number of nitrogens with two attached hydrogens (primary N) is 1. The average Bonchev–Trinajstić information content (AvgIpc) is 2.65. The number of benzene rings is 2. The van der Waals surface area contributed by atoms with Crippen molar-refractivity contribution in [2.24, 2.45) is 10.7 Å². The third-order valence-corrected chi connectivity index (χ3v) is 3.87. The number of nitrogens with zero attached hydrogens (tertiary/aromatic N) is 1. The Bertz CT molecular complexity index is 732. The largest absolute Gasteiger partial charge is 0.497 e. The third kappa shape index (κ3) is 4.79. The van der Waals surface area contributed by atoms with Gasteiger partial charge in [-0.1, -0.05) is 25.1 Å². The molecule has 3 N–H and O–H groups in total. The van der Waals surface area contributed by atoms with Crippen LogP contribution in [0.1, 0.15) is 18.4 Å². The summed E-state index contributed by atoms with van der Waals surface area (Å²) in [6.07, 6.45) is 0. The van der Waals surface area contributed by atoms with E-state index < -0.39 is 0 Å². The fraction of sp³-hybridized carbons (Fsp3) is 0.316. The van der Waals surface area contributed by atoms with E-state index in [-0.39, 0.29) is 5.92 Å². The predicted molar refractivity (Wildman–Crippen MR) is 101 cm³/mol. The Hall–Kier alpha value is -2.89. The second-order valence-electron chi connectivity index (χ2n) is 5.56. The van der Waals surface area contributed by atoms with Gasteiger partial charge in [0.05, 0.1) is 27.0 Å². The number of methoxy groups -OCH3 is 3. The average molecular weight is 343 g/mol. The van der Waals surface area contributed by atoms with E-state index in [2.05, 4.69) is 17.2 Å². The molecule has 25 heavy (non-hydrogen) atoms. The number of guanidine groups is 1. The van der Waals surface area contributed by atoms with Crippen LogP contribution in [0.15, 0.2) is 47.5 Å². The zero-order valence-electron chi connectivity index (χ0n) is 15.1. The molecule has 0 saturated carbocycles. The standard InChI is InChI=1S/C19H25N3O3/c1-13(15-7-5-6-8-17(15)24-3)12-21-19(20)22-16-11-14(23-2)9-10-18(16)25-4/h5-11,13H,12H2,1-4H3,(H3,20,21,22). The Labute approximate surface area is 148 Å². The molecule has 1 unspecified atom stereocenters. The normalized spacial score (nSPS) is 12.4. The summed E-state index contributed by atoms with van der Waals surface area (Å²) in [7, 11) is 4.88. The molecule has 0 spiro atoms. The van der Waals surface area contributed by atoms with E-state index in [1.165, 1.54) is 0 Å². The van der Waals surface area contributed by atoms with Crippen LogP contribution in [-0.4, -0.2) is 33.8 Å². The highest BCUT2D eigenvalue weighted by Gasteiger charge is 2.11. The van der Waals surface area contributed by atoms with Crippen LogP contribution in [0.3, 0.4) is 0 Å². The van der Waals surface area contributed by atoms with Gasteiger partial charge in [0.2, 0.25) is 0 Å². The predicted octanol–water partition coefficient (Wildman–Crippen LogP) is 3.24. The molecule has 6 heteroatoms. The molecule has 0 heterocycles. The van der Waals surface area contributed by atoms with Crippen LogP contribution < -0.4 is 25.3 Å². The van der Waals surface area contributed by atoms with E-state index in [4.69, 9.17) is 19.9 Å². The number of para-hydroxylation sites is 1. The molecule has 0 fully saturated rings. The molecule has 0 saturated heterocycles. The highest BCUT2D eigenvalue weighted by molar-refractivity contribution is 5.94. The van der Waals surface area contributed by atoms with Crippen molar-refractivity contribution in [3.05, 3.63) is 48.0 Å². The number of hydrogen-bond acceptors (Lipinski definition) is 4. The molecule has 2 aromatic rings. The molecule has 6 nitrogen and oxygen atoms in total. The van der Waals surface area contributed by atoms with Crippen molar-refractivity contribution in [2.45, 2.75) is 12.8 Å². The molecule has 0 aliphatic carbocycles. The number of ether oxygens (including phenoxy) is 3. The van der Waals surface area contributed by atoms with Crippen molar-refractivity contribution < 1.29 is 14.2 Å². The maximum Gasteiger partial charge on any atom is 0.193 e. The lowest BCUT2D eigenvalue weighted by Gasteiger charge is -2.15. The third-order valence-electron chi connectivity index (χ3n) is 3.87. The molecule has 1 atom stereocenters. The highest BCUT2D eigenvalue weighted by atomic mass is 16.5. The number of hydrogen-bond donors (Lipinski definition) is 2. The topological polar surface area (TPSA) is 78.1 Å². The van der Waals surface area contributed by atoms with Gasteiger partial charge in [-0.25, -0.2) is 0 Å². The van der Waals surface area contributed by atoms with Crippen LogP contribution in [0.25, 0.3) is 0 Å². The van der Waals surface area contributed by atoms with E-state index in [1.54, 1.807) is 21.3 Å². The molecule has 0 bridgehead atoms. The van der Waals surface area contributed by atoms with E-state index in [9.17, 15) is 0 Å². The van der Waals surface area contributed by atoms with Gasteiger partial charge < -0.3 is 25.3 Å². The lowest BCUT2D eigenvalue weighted by atomic mass is 10.0. The lowest BCUT2D eigenvalue weighted by molar-refractivity contribution is 0.405. The van der Waals surface area contributed by atoms with Gasteiger partial charge in [0, 0.05) is 18.5 Å². The van der Waals surface area contributed by atoms with Crippen molar-refractivity contribution >= 4 is 11.6 Å². The van der Waals surface area contributed by atoms with Gasteiger partial charge in [0.1, 0.15) is 17.2 Å². The zero-order valence-corrected chi connectivity index (χ0v) is 15.1. The van der Waals surface area contributed by atoms with Crippen LogP contribution >= 0.6 is 0 Å². The van der Waals surface area contributed by atoms with E-state index >= 15 is 0 Å². The molecule has 0 radical (unpaired) electrons. The van der Waals surface area contributed by atoms with Gasteiger partial charge in [-0.3, -0.25) is 4.99 Å². The van der Waals surface area contributed by atoms with Crippen molar-refractivity contribution in [3.63, 3.8) is 0 Å². The van der Waals surface area contributed by atoms with Crippen LogP contribution in [0.5, 0.6) is 17.2 Å². The Morgan fingerprint density at radius 3 is 2.44 bits per heavy atom. The molecular weight excluding hydrogens is 318 g/mol. The van der Waals surface area contributed by atoms with E-state index in [0.29, 0.717) is 29.7 Å². The second-order valence-corrected chi connectivity index (χ2v) is 5.56. The van der Waals surface area contributed by atoms with Gasteiger partial charge in [0.15, 0.2) is 5.96 Å². The Balaban J connectivity index is 2.09. The Kier molecular flexibility index (Phi) is 6.51. The van der Waals surface area contributed by atoms with Crippen molar-refractivity contribution in [2.75, 3.05) is 33.2 Å². The molecule has 0 aliphatic heterocycles. The maximum atomic E-state index is 6.03. The van der Waals surface area contributed by atoms with Crippen molar-refractivity contribution in [1.82, 2.24) is 0 Å². The number of nitrogens with one attached hydrogen (secondary N) is 1.